The molecule has 0 amide bonds. The molecule has 0 aromatic carbocycles. The van der Waals surface area contributed by atoms with Crippen molar-refractivity contribution in [3.05, 3.63) is 0 Å². The highest BCUT2D eigenvalue weighted by atomic mass is 15.3. The van der Waals surface area contributed by atoms with Gasteiger partial charge >= 0.3 is 0 Å². The molecule has 1 heterocycles. The van der Waals surface area contributed by atoms with Crippen LogP contribution in [0.2, 0.25) is 0 Å². The summed E-state index contributed by atoms with van der Waals surface area (Å²) in [6.45, 7) is 8.73. The summed E-state index contributed by atoms with van der Waals surface area (Å²) < 4.78 is 0. The molecule has 21 heavy (non-hydrogen) atoms. The molecule has 1 N–H and O–H groups in total. The van der Waals surface area contributed by atoms with Crippen LogP contribution in [0.1, 0.15) is 78.1 Å². The van der Waals surface area contributed by atoms with Gasteiger partial charge in [0.2, 0.25) is 0 Å². The van der Waals surface area contributed by atoms with Crippen LogP contribution in [0.4, 0.5) is 0 Å². The molecule has 2 nitrogen and oxygen atoms in total. The van der Waals surface area contributed by atoms with Gasteiger partial charge in [0.25, 0.3) is 0 Å². The van der Waals surface area contributed by atoms with Crippen LogP contribution in [-0.4, -0.2) is 36.1 Å². The number of hydrogen-bond acceptors (Lipinski definition) is 2. The maximum atomic E-state index is 3.93. The minimum absolute atomic E-state index is 0.493. The van der Waals surface area contributed by atoms with E-state index in [0.29, 0.717) is 5.54 Å². The summed E-state index contributed by atoms with van der Waals surface area (Å²) in [7, 11) is 0. The van der Waals surface area contributed by atoms with Crippen LogP contribution < -0.4 is 5.32 Å². The molecule has 1 unspecified atom stereocenters. The molecule has 1 saturated heterocycles. The fraction of sp³-hybridized carbons (Fsp3) is 1.00. The van der Waals surface area contributed by atoms with Gasteiger partial charge in [-0.05, 0) is 44.1 Å². The second-order valence-corrected chi connectivity index (χ2v) is 8.32. The molecule has 0 aromatic rings. The van der Waals surface area contributed by atoms with Gasteiger partial charge in [0.1, 0.15) is 0 Å². The average Bonchev–Trinajstić information content (AvgIpc) is 2.95. The minimum Gasteiger partial charge on any atom is -0.308 e. The molecular formula is C19H36N2. The Bertz CT molecular complexity index is 314. The molecule has 2 saturated carbocycles. The monoisotopic (exact) mass is 292 g/mol. The fourth-order valence-electron chi connectivity index (χ4n) is 5.05. The van der Waals surface area contributed by atoms with Crippen molar-refractivity contribution in [1.82, 2.24) is 10.2 Å². The summed E-state index contributed by atoms with van der Waals surface area (Å²) in [5, 5.41) is 3.93. The number of rotatable bonds is 4. The molecule has 1 spiro atoms. The molecule has 0 aromatic heterocycles. The molecule has 3 fully saturated rings. The zero-order chi connectivity index (χ0) is 14.7. The van der Waals surface area contributed by atoms with Gasteiger partial charge in [-0.3, -0.25) is 4.90 Å². The summed E-state index contributed by atoms with van der Waals surface area (Å²) in [6, 6.07) is 0.790. The Hall–Kier alpha value is -0.0800. The predicted molar refractivity (Wildman–Crippen MR) is 90.6 cm³/mol. The van der Waals surface area contributed by atoms with Gasteiger partial charge in [-0.25, -0.2) is 0 Å². The van der Waals surface area contributed by atoms with Crippen molar-refractivity contribution < 1.29 is 0 Å². The standard InChI is InChI=1S/C19H36N2/c1-3-18-14-20-19(11-4-5-12-19)15-21(18)13-10-17-8-6-16(2)7-9-17/h16-18,20H,3-15H2,1-2H3. The summed E-state index contributed by atoms with van der Waals surface area (Å²) in [5.74, 6) is 2.01. The molecule has 0 bridgehead atoms. The van der Waals surface area contributed by atoms with E-state index in [2.05, 4.69) is 24.1 Å². The lowest BCUT2D eigenvalue weighted by atomic mass is 9.81. The minimum atomic E-state index is 0.493. The summed E-state index contributed by atoms with van der Waals surface area (Å²) >= 11 is 0. The lowest BCUT2D eigenvalue weighted by molar-refractivity contribution is 0.0700. The molecule has 2 aliphatic carbocycles. The van der Waals surface area contributed by atoms with Gasteiger partial charge in [-0.15, -0.1) is 0 Å². The molecule has 3 rings (SSSR count). The molecule has 1 atom stereocenters. The van der Waals surface area contributed by atoms with Crippen LogP contribution >= 0.6 is 0 Å². The highest BCUT2D eigenvalue weighted by molar-refractivity contribution is 5.00. The van der Waals surface area contributed by atoms with Crippen molar-refractivity contribution in [2.75, 3.05) is 19.6 Å². The maximum absolute atomic E-state index is 3.93. The molecule has 122 valence electrons. The van der Waals surface area contributed by atoms with Crippen LogP contribution in [0.15, 0.2) is 0 Å². The van der Waals surface area contributed by atoms with E-state index >= 15 is 0 Å². The van der Waals surface area contributed by atoms with Crippen LogP contribution in [-0.2, 0) is 0 Å². The third-order valence-corrected chi connectivity index (χ3v) is 6.73. The van der Waals surface area contributed by atoms with Gasteiger partial charge in [0.05, 0.1) is 0 Å². The van der Waals surface area contributed by atoms with Crippen molar-refractivity contribution in [3.63, 3.8) is 0 Å². The molecular weight excluding hydrogens is 256 g/mol. The van der Waals surface area contributed by atoms with Crippen molar-refractivity contribution in [2.45, 2.75) is 89.6 Å². The smallest absolute Gasteiger partial charge is 0.0309 e. The summed E-state index contributed by atoms with van der Waals surface area (Å²) in [6.07, 6.45) is 14.4. The Morgan fingerprint density at radius 1 is 1.10 bits per heavy atom. The van der Waals surface area contributed by atoms with E-state index in [4.69, 9.17) is 0 Å². The Labute approximate surface area is 132 Å². The van der Waals surface area contributed by atoms with E-state index in [1.54, 1.807) is 0 Å². The first-order chi connectivity index (χ1) is 10.2. The first-order valence-corrected chi connectivity index (χ1v) is 9.70. The molecule has 0 radical (unpaired) electrons. The van der Waals surface area contributed by atoms with Gasteiger partial charge in [-0.1, -0.05) is 52.4 Å². The van der Waals surface area contributed by atoms with Crippen molar-refractivity contribution >= 4 is 0 Å². The largest absolute Gasteiger partial charge is 0.308 e. The molecule has 3 aliphatic rings. The third kappa shape index (κ3) is 3.82. The maximum Gasteiger partial charge on any atom is 0.0309 e. The lowest BCUT2D eigenvalue weighted by Gasteiger charge is -2.47. The highest BCUT2D eigenvalue weighted by Crippen LogP contribution is 2.35. The Morgan fingerprint density at radius 3 is 2.48 bits per heavy atom. The van der Waals surface area contributed by atoms with Gasteiger partial charge in [-0.2, -0.15) is 0 Å². The van der Waals surface area contributed by atoms with E-state index in [-0.39, 0.29) is 0 Å². The molecule has 1 aliphatic heterocycles. The first-order valence-electron chi connectivity index (χ1n) is 9.70. The number of piperazine rings is 1. The van der Waals surface area contributed by atoms with Crippen molar-refractivity contribution in [1.29, 1.82) is 0 Å². The van der Waals surface area contributed by atoms with Crippen LogP contribution in [0.5, 0.6) is 0 Å². The quantitative estimate of drug-likeness (QED) is 0.835. The summed E-state index contributed by atoms with van der Waals surface area (Å²) in [5.41, 5.74) is 0.493. The van der Waals surface area contributed by atoms with E-state index < -0.39 is 0 Å². The van der Waals surface area contributed by atoms with Crippen molar-refractivity contribution in [3.8, 4) is 0 Å². The van der Waals surface area contributed by atoms with Crippen LogP contribution in [0.25, 0.3) is 0 Å². The predicted octanol–water partition coefficient (Wildman–Crippen LogP) is 4.20. The number of nitrogens with zero attached hydrogens (tertiary/aromatic N) is 1. The second kappa shape index (κ2) is 7.00. The lowest BCUT2D eigenvalue weighted by Crippen LogP contribution is -2.63. The molecule has 2 heteroatoms. The number of hydrogen-bond donors (Lipinski definition) is 1. The van der Waals surface area contributed by atoms with E-state index in [0.717, 1.165) is 17.9 Å². The number of nitrogens with one attached hydrogen (secondary N) is 1. The van der Waals surface area contributed by atoms with E-state index in [1.165, 1.54) is 83.8 Å². The zero-order valence-corrected chi connectivity index (χ0v) is 14.4. The normalized spacial score (nSPS) is 37.1. The second-order valence-electron chi connectivity index (χ2n) is 8.32. The van der Waals surface area contributed by atoms with E-state index in [1.807, 2.05) is 0 Å². The topological polar surface area (TPSA) is 15.3 Å². The third-order valence-electron chi connectivity index (χ3n) is 6.73. The van der Waals surface area contributed by atoms with Crippen LogP contribution in [0, 0.1) is 11.8 Å². The van der Waals surface area contributed by atoms with Gasteiger partial charge in [0, 0.05) is 24.7 Å². The Kier molecular flexibility index (Phi) is 5.27. The first kappa shape index (κ1) is 15.8. The van der Waals surface area contributed by atoms with E-state index in [9.17, 15) is 0 Å². The van der Waals surface area contributed by atoms with Crippen LogP contribution in [0.3, 0.4) is 0 Å². The Balaban J connectivity index is 1.51. The van der Waals surface area contributed by atoms with Gasteiger partial charge < -0.3 is 5.32 Å². The zero-order valence-electron chi connectivity index (χ0n) is 14.4. The SMILES string of the molecule is CCC1CNC2(CCCC2)CN1CCC1CCC(C)CC1. The summed E-state index contributed by atoms with van der Waals surface area (Å²) in [4.78, 5) is 2.86. The van der Waals surface area contributed by atoms with Crippen molar-refractivity contribution in [2.24, 2.45) is 11.8 Å². The fourth-order valence-corrected chi connectivity index (χ4v) is 5.05. The Morgan fingerprint density at radius 2 is 1.81 bits per heavy atom. The highest BCUT2D eigenvalue weighted by Gasteiger charge is 2.40. The van der Waals surface area contributed by atoms with Gasteiger partial charge in [0.15, 0.2) is 0 Å². The average molecular weight is 293 g/mol.